The van der Waals surface area contributed by atoms with E-state index in [0.717, 1.165) is 6.42 Å². The van der Waals surface area contributed by atoms with Crippen LogP contribution in [0.4, 0.5) is 0 Å². The smallest absolute Gasteiger partial charge is 0.325 e. The molecule has 190 valence electrons. The first-order chi connectivity index (χ1) is 16.0. The van der Waals surface area contributed by atoms with E-state index >= 15 is 0 Å². The average molecular weight is 480 g/mol. The van der Waals surface area contributed by atoms with Gasteiger partial charge in [0.05, 0.1) is 6.04 Å². The zero-order valence-corrected chi connectivity index (χ0v) is 19.9. The quantitative estimate of drug-likeness (QED) is 0.175. The van der Waals surface area contributed by atoms with Crippen molar-refractivity contribution < 1.29 is 29.4 Å². The zero-order chi connectivity index (χ0) is 25.8. The van der Waals surface area contributed by atoms with E-state index in [1.54, 1.807) is 26.0 Å². The summed E-state index contributed by atoms with van der Waals surface area (Å²) in [6.07, 6.45) is 1.88. The van der Waals surface area contributed by atoms with Crippen LogP contribution < -0.4 is 27.4 Å². The molecule has 0 aliphatic rings. The van der Waals surface area contributed by atoms with Gasteiger partial charge in [-0.15, -0.1) is 0 Å². The maximum Gasteiger partial charge on any atom is 0.325 e. The largest absolute Gasteiger partial charge is 0.508 e. The molecule has 11 nitrogen and oxygen atoms in total. The van der Waals surface area contributed by atoms with Crippen molar-refractivity contribution in [2.24, 2.45) is 17.4 Å². The lowest BCUT2D eigenvalue weighted by atomic mass is 10.00. The van der Waals surface area contributed by atoms with Crippen LogP contribution in [-0.4, -0.2) is 64.6 Å². The molecule has 0 bridgehead atoms. The normalized spacial score (nSPS) is 14.5. The fraction of sp³-hybridized carbons (Fsp3) is 0.565. The number of hydrogen-bond donors (Lipinski definition) is 7. The molecular formula is C23H37N5O6. The third-order valence-corrected chi connectivity index (χ3v) is 5.29. The molecule has 0 aromatic heterocycles. The van der Waals surface area contributed by atoms with Crippen molar-refractivity contribution in [1.29, 1.82) is 0 Å². The van der Waals surface area contributed by atoms with Crippen LogP contribution in [0.2, 0.25) is 0 Å². The first kappa shape index (κ1) is 28.9. The Labute approximate surface area is 199 Å². The number of nitrogens with two attached hydrogens (primary N) is 2. The topological polar surface area (TPSA) is 197 Å². The minimum absolute atomic E-state index is 0.0404. The molecule has 1 aromatic rings. The number of aliphatic carboxylic acids is 1. The predicted molar refractivity (Wildman–Crippen MR) is 127 cm³/mol. The molecule has 0 saturated heterocycles. The van der Waals surface area contributed by atoms with E-state index in [2.05, 4.69) is 16.0 Å². The third kappa shape index (κ3) is 9.75. The number of carboxylic acids is 1. The molecule has 0 heterocycles. The number of carbonyl (C=O) groups is 4. The van der Waals surface area contributed by atoms with Gasteiger partial charge in [-0.2, -0.15) is 0 Å². The van der Waals surface area contributed by atoms with Crippen LogP contribution in [0.3, 0.4) is 0 Å². The number of nitrogens with one attached hydrogen (secondary N) is 3. The maximum atomic E-state index is 13.1. The minimum Gasteiger partial charge on any atom is -0.508 e. The van der Waals surface area contributed by atoms with E-state index in [-0.39, 0.29) is 18.1 Å². The lowest BCUT2D eigenvalue weighted by molar-refractivity contribution is -0.141. The van der Waals surface area contributed by atoms with Gasteiger partial charge in [-0.05, 0) is 49.9 Å². The summed E-state index contributed by atoms with van der Waals surface area (Å²) in [5.74, 6) is -3.26. The second-order valence-corrected chi connectivity index (χ2v) is 8.62. The van der Waals surface area contributed by atoms with Gasteiger partial charge in [-0.3, -0.25) is 19.2 Å². The molecular weight excluding hydrogens is 442 g/mol. The van der Waals surface area contributed by atoms with E-state index in [0.29, 0.717) is 24.9 Å². The monoisotopic (exact) mass is 479 g/mol. The van der Waals surface area contributed by atoms with Crippen molar-refractivity contribution >= 4 is 23.7 Å². The van der Waals surface area contributed by atoms with Crippen LogP contribution in [0.5, 0.6) is 5.75 Å². The zero-order valence-electron chi connectivity index (χ0n) is 19.9. The van der Waals surface area contributed by atoms with Gasteiger partial charge in [-0.1, -0.05) is 32.4 Å². The highest BCUT2D eigenvalue weighted by Gasteiger charge is 2.31. The second-order valence-electron chi connectivity index (χ2n) is 8.62. The summed E-state index contributed by atoms with van der Waals surface area (Å²) in [6.45, 7) is 5.29. The Balaban J connectivity index is 2.98. The van der Waals surface area contributed by atoms with Gasteiger partial charge in [0, 0.05) is 6.42 Å². The van der Waals surface area contributed by atoms with Gasteiger partial charge in [-0.25, -0.2) is 0 Å². The number of unbranched alkanes of at least 4 members (excludes halogenated alkanes) is 1. The molecule has 0 spiro atoms. The van der Waals surface area contributed by atoms with Crippen molar-refractivity contribution in [1.82, 2.24) is 16.0 Å². The number of carboxylic acid groups (broad SMARTS) is 1. The summed E-state index contributed by atoms with van der Waals surface area (Å²) in [4.78, 5) is 49.5. The Morgan fingerprint density at radius 3 is 2.06 bits per heavy atom. The van der Waals surface area contributed by atoms with Gasteiger partial charge >= 0.3 is 5.97 Å². The Hall–Kier alpha value is -3.18. The second kappa shape index (κ2) is 14.2. The van der Waals surface area contributed by atoms with Crippen molar-refractivity contribution in [3.8, 4) is 5.75 Å². The highest BCUT2D eigenvalue weighted by atomic mass is 16.4. The van der Waals surface area contributed by atoms with E-state index in [4.69, 9.17) is 16.6 Å². The fourth-order valence-electron chi connectivity index (χ4n) is 3.15. The van der Waals surface area contributed by atoms with Crippen molar-refractivity contribution in [2.75, 3.05) is 6.54 Å². The van der Waals surface area contributed by atoms with E-state index in [9.17, 15) is 24.3 Å². The predicted octanol–water partition coefficient (Wildman–Crippen LogP) is -0.394. The Morgan fingerprint density at radius 2 is 1.53 bits per heavy atom. The standard InChI is InChI=1S/C23H37N5O6/c1-13(2)19(28-20(30)17(25)6-4-5-11-24)22(32)27-18(21(31)26-14(3)23(33)34)12-15-7-9-16(29)10-8-15/h7-10,13-14,17-19,29H,4-6,11-12,24-25H2,1-3H3,(H,26,31)(H,27,32)(H,28,30)(H,33,34). The van der Waals surface area contributed by atoms with Gasteiger partial charge < -0.3 is 37.6 Å². The Morgan fingerprint density at radius 1 is 0.912 bits per heavy atom. The summed E-state index contributed by atoms with van der Waals surface area (Å²) in [6, 6.07) is 2.02. The summed E-state index contributed by atoms with van der Waals surface area (Å²) in [5, 5.41) is 26.2. The molecule has 3 amide bonds. The van der Waals surface area contributed by atoms with E-state index in [1.165, 1.54) is 19.1 Å². The molecule has 0 saturated carbocycles. The van der Waals surface area contributed by atoms with Gasteiger partial charge in [0.1, 0.15) is 23.9 Å². The van der Waals surface area contributed by atoms with Crippen LogP contribution in [-0.2, 0) is 25.6 Å². The van der Waals surface area contributed by atoms with Crippen LogP contribution in [0, 0.1) is 5.92 Å². The SMILES string of the molecule is CC(NC(=O)C(Cc1ccc(O)cc1)NC(=O)C(NC(=O)C(N)CCCCN)C(C)C)C(=O)O. The number of rotatable bonds is 14. The van der Waals surface area contributed by atoms with E-state index < -0.39 is 47.9 Å². The van der Waals surface area contributed by atoms with Gasteiger partial charge in [0.15, 0.2) is 0 Å². The molecule has 9 N–H and O–H groups in total. The maximum absolute atomic E-state index is 13.1. The molecule has 4 unspecified atom stereocenters. The summed E-state index contributed by atoms with van der Waals surface area (Å²) >= 11 is 0. The summed E-state index contributed by atoms with van der Waals surface area (Å²) in [5.41, 5.74) is 12.0. The Kier molecular flexibility index (Phi) is 12.0. The summed E-state index contributed by atoms with van der Waals surface area (Å²) < 4.78 is 0. The number of amides is 3. The van der Waals surface area contributed by atoms with Crippen LogP contribution in [0.15, 0.2) is 24.3 Å². The molecule has 0 aliphatic carbocycles. The summed E-state index contributed by atoms with van der Waals surface area (Å²) in [7, 11) is 0. The highest BCUT2D eigenvalue weighted by molar-refractivity contribution is 5.94. The molecule has 1 rings (SSSR count). The molecule has 4 atom stereocenters. The number of phenols is 1. The Bertz CT molecular complexity index is 830. The first-order valence-corrected chi connectivity index (χ1v) is 11.3. The minimum atomic E-state index is -1.22. The number of carbonyl (C=O) groups excluding carboxylic acids is 3. The van der Waals surface area contributed by atoms with Gasteiger partial charge in [0.2, 0.25) is 17.7 Å². The first-order valence-electron chi connectivity index (χ1n) is 11.3. The lowest BCUT2D eigenvalue weighted by Crippen LogP contribution is -2.58. The average Bonchev–Trinajstić information content (AvgIpc) is 2.77. The van der Waals surface area contributed by atoms with Crippen molar-refractivity contribution in [3.05, 3.63) is 29.8 Å². The number of aromatic hydroxyl groups is 1. The lowest BCUT2D eigenvalue weighted by Gasteiger charge is -2.27. The molecule has 0 fully saturated rings. The molecule has 1 aromatic carbocycles. The molecule has 0 radical (unpaired) electrons. The fourth-order valence-corrected chi connectivity index (χ4v) is 3.15. The van der Waals surface area contributed by atoms with Crippen LogP contribution >= 0.6 is 0 Å². The molecule has 34 heavy (non-hydrogen) atoms. The highest BCUT2D eigenvalue weighted by Crippen LogP contribution is 2.12. The molecule has 0 aliphatic heterocycles. The number of phenolic OH excluding ortho intramolecular Hbond substituents is 1. The number of benzene rings is 1. The van der Waals surface area contributed by atoms with E-state index in [1.807, 2.05) is 0 Å². The van der Waals surface area contributed by atoms with Crippen LogP contribution in [0.25, 0.3) is 0 Å². The van der Waals surface area contributed by atoms with Crippen molar-refractivity contribution in [2.45, 2.75) is 70.6 Å². The van der Waals surface area contributed by atoms with Crippen LogP contribution in [0.1, 0.15) is 45.6 Å². The molecule has 11 heteroatoms. The third-order valence-electron chi connectivity index (χ3n) is 5.29. The van der Waals surface area contributed by atoms with Crippen molar-refractivity contribution in [3.63, 3.8) is 0 Å². The van der Waals surface area contributed by atoms with Gasteiger partial charge in [0.25, 0.3) is 0 Å². The number of hydrogen-bond acceptors (Lipinski definition) is 7.